The van der Waals surface area contributed by atoms with Crippen LogP contribution in [0.15, 0.2) is 73.1 Å². The van der Waals surface area contributed by atoms with Crippen molar-refractivity contribution in [2.24, 2.45) is 0 Å². The molecule has 4 nitrogen and oxygen atoms in total. The van der Waals surface area contributed by atoms with Crippen LogP contribution in [0.1, 0.15) is 24.3 Å². The van der Waals surface area contributed by atoms with Gasteiger partial charge in [-0.05, 0) is 60.2 Å². The first-order valence-electron chi connectivity index (χ1n) is 11.1. The molecule has 0 atom stereocenters. The van der Waals surface area contributed by atoms with Crippen molar-refractivity contribution in [3.8, 4) is 22.4 Å². The largest absolute Gasteiger partial charge is 0.378 e. The van der Waals surface area contributed by atoms with E-state index in [4.69, 9.17) is 9.72 Å². The molecule has 2 aromatic carbocycles. The summed E-state index contributed by atoms with van der Waals surface area (Å²) >= 11 is 0. The van der Waals surface area contributed by atoms with E-state index in [1.165, 1.54) is 40.6 Å². The number of ether oxygens (including phenoxy) is 1. The van der Waals surface area contributed by atoms with E-state index in [9.17, 15) is 0 Å². The van der Waals surface area contributed by atoms with Crippen LogP contribution in [0.4, 0.5) is 5.69 Å². The topological polar surface area (TPSA) is 38.2 Å². The molecule has 0 spiro atoms. The predicted molar refractivity (Wildman–Crippen MR) is 125 cm³/mol. The Bertz CT molecular complexity index is 1240. The summed E-state index contributed by atoms with van der Waals surface area (Å²) in [6, 6.07) is 21.8. The highest BCUT2D eigenvalue weighted by Crippen LogP contribution is 2.42. The van der Waals surface area contributed by atoms with Gasteiger partial charge in [0.2, 0.25) is 0 Å². The lowest BCUT2D eigenvalue weighted by Gasteiger charge is -2.29. The molecular weight excluding hydrogens is 382 g/mol. The van der Waals surface area contributed by atoms with Crippen molar-refractivity contribution in [1.29, 1.82) is 0 Å². The number of nitrogens with zero attached hydrogens (tertiary/aromatic N) is 3. The van der Waals surface area contributed by atoms with Crippen LogP contribution in [0, 0.1) is 0 Å². The highest BCUT2D eigenvalue weighted by molar-refractivity contribution is 5.96. The molecule has 4 heteroatoms. The first-order chi connectivity index (χ1) is 15.4. The van der Waals surface area contributed by atoms with Crippen LogP contribution in [0.3, 0.4) is 0 Å². The fourth-order valence-electron chi connectivity index (χ4n) is 4.60. The van der Waals surface area contributed by atoms with Gasteiger partial charge in [-0.25, -0.2) is 0 Å². The summed E-state index contributed by atoms with van der Waals surface area (Å²) in [5.74, 6) is 0.731. The Morgan fingerprint density at radius 1 is 0.806 bits per heavy atom. The summed E-state index contributed by atoms with van der Waals surface area (Å²) in [4.78, 5) is 11.8. The minimum absolute atomic E-state index is 0.731. The number of pyridine rings is 2. The number of aromatic nitrogens is 2. The molecule has 1 saturated heterocycles. The molecule has 31 heavy (non-hydrogen) atoms. The van der Waals surface area contributed by atoms with Gasteiger partial charge in [0.1, 0.15) is 0 Å². The highest BCUT2D eigenvalue weighted by Gasteiger charge is 2.24. The molecule has 1 saturated carbocycles. The van der Waals surface area contributed by atoms with E-state index in [1.54, 1.807) is 0 Å². The van der Waals surface area contributed by atoms with Gasteiger partial charge < -0.3 is 9.64 Å². The third kappa shape index (κ3) is 3.57. The van der Waals surface area contributed by atoms with Crippen molar-refractivity contribution in [2.75, 3.05) is 31.2 Å². The Hall–Kier alpha value is -3.24. The van der Waals surface area contributed by atoms with Crippen LogP contribution >= 0.6 is 0 Å². The number of fused-ring (bicyclic) bond motifs is 1. The lowest BCUT2D eigenvalue weighted by molar-refractivity contribution is 0.123. The molecule has 154 valence electrons. The van der Waals surface area contributed by atoms with Gasteiger partial charge in [-0.2, -0.15) is 0 Å². The van der Waals surface area contributed by atoms with Gasteiger partial charge in [-0.3, -0.25) is 9.97 Å². The van der Waals surface area contributed by atoms with Gasteiger partial charge in [0, 0.05) is 47.7 Å². The monoisotopic (exact) mass is 407 g/mol. The number of benzene rings is 2. The van der Waals surface area contributed by atoms with E-state index in [2.05, 4.69) is 64.5 Å². The van der Waals surface area contributed by atoms with Crippen LogP contribution in [0.2, 0.25) is 0 Å². The summed E-state index contributed by atoms with van der Waals surface area (Å²) in [5, 5.41) is 1.18. The molecule has 0 N–H and O–H groups in total. The third-order valence-electron chi connectivity index (χ3n) is 6.40. The molecule has 0 bridgehead atoms. The van der Waals surface area contributed by atoms with Gasteiger partial charge in [0.25, 0.3) is 0 Å². The molecule has 2 aliphatic rings. The van der Waals surface area contributed by atoms with Crippen molar-refractivity contribution in [2.45, 2.75) is 18.8 Å². The molecule has 6 rings (SSSR count). The number of hydrogen-bond acceptors (Lipinski definition) is 4. The molecule has 0 unspecified atom stereocenters. The van der Waals surface area contributed by atoms with E-state index >= 15 is 0 Å². The van der Waals surface area contributed by atoms with E-state index in [0.29, 0.717) is 0 Å². The second-order valence-electron chi connectivity index (χ2n) is 8.46. The summed E-state index contributed by atoms with van der Waals surface area (Å²) in [7, 11) is 0. The fraction of sp³-hybridized carbons (Fsp3) is 0.259. The maximum absolute atomic E-state index is 5.56. The number of morpholine rings is 1. The van der Waals surface area contributed by atoms with Gasteiger partial charge in [0.05, 0.1) is 24.4 Å². The third-order valence-corrected chi connectivity index (χ3v) is 6.40. The molecular formula is C27H25N3O. The standard InChI is InChI=1S/C27H25N3O/c1-3-20(19-6-7-19)17-22(4-1)27-23(5-2-11-29-27)21-8-9-25-24(18-21)26(10-12-28-25)30-13-15-31-16-14-30/h1-5,8-12,17-19H,6-7,13-16H2. The zero-order valence-corrected chi connectivity index (χ0v) is 17.5. The lowest BCUT2D eigenvalue weighted by atomic mass is 9.96. The smallest absolute Gasteiger partial charge is 0.0780 e. The minimum Gasteiger partial charge on any atom is -0.378 e. The molecule has 2 fully saturated rings. The Morgan fingerprint density at radius 2 is 1.71 bits per heavy atom. The van der Waals surface area contributed by atoms with Crippen molar-refractivity contribution < 1.29 is 4.74 Å². The Labute approximate surface area is 182 Å². The second-order valence-corrected chi connectivity index (χ2v) is 8.46. The van der Waals surface area contributed by atoms with Gasteiger partial charge in [0.15, 0.2) is 0 Å². The van der Waals surface area contributed by atoms with Crippen LogP contribution in [-0.2, 0) is 4.74 Å². The van der Waals surface area contributed by atoms with Crippen LogP contribution in [0.5, 0.6) is 0 Å². The van der Waals surface area contributed by atoms with Crippen molar-refractivity contribution >= 4 is 16.6 Å². The summed E-state index contributed by atoms with van der Waals surface area (Å²) in [6.07, 6.45) is 6.41. The van der Waals surface area contributed by atoms with Crippen molar-refractivity contribution in [1.82, 2.24) is 9.97 Å². The van der Waals surface area contributed by atoms with E-state index in [-0.39, 0.29) is 0 Å². The summed E-state index contributed by atoms with van der Waals surface area (Å²) in [6.45, 7) is 3.37. The highest BCUT2D eigenvalue weighted by atomic mass is 16.5. The maximum Gasteiger partial charge on any atom is 0.0780 e. The number of hydrogen-bond donors (Lipinski definition) is 0. The first kappa shape index (κ1) is 18.5. The molecule has 0 radical (unpaired) electrons. The van der Waals surface area contributed by atoms with Gasteiger partial charge in [-0.15, -0.1) is 0 Å². The van der Waals surface area contributed by atoms with Gasteiger partial charge in [-0.1, -0.05) is 30.3 Å². The lowest BCUT2D eigenvalue weighted by Crippen LogP contribution is -2.36. The van der Waals surface area contributed by atoms with E-state index in [0.717, 1.165) is 49.0 Å². The van der Waals surface area contributed by atoms with Crippen LogP contribution < -0.4 is 4.90 Å². The van der Waals surface area contributed by atoms with E-state index in [1.807, 2.05) is 18.5 Å². The Morgan fingerprint density at radius 3 is 2.58 bits per heavy atom. The Balaban J connectivity index is 1.46. The molecule has 2 aromatic heterocycles. The summed E-state index contributed by atoms with van der Waals surface area (Å²) in [5.41, 5.74) is 8.27. The zero-order chi connectivity index (χ0) is 20.6. The molecule has 1 aliphatic carbocycles. The normalized spacial score (nSPS) is 16.6. The SMILES string of the molecule is c1cc(-c2ncccc2-c2ccc3nccc(N4CCOCC4)c3c2)cc(C2CC2)c1. The van der Waals surface area contributed by atoms with Crippen LogP contribution in [0.25, 0.3) is 33.3 Å². The van der Waals surface area contributed by atoms with Gasteiger partial charge >= 0.3 is 0 Å². The van der Waals surface area contributed by atoms with Crippen molar-refractivity contribution in [3.05, 3.63) is 78.6 Å². The molecule has 3 heterocycles. The molecule has 0 amide bonds. The minimum atomic E-state index is 0.731. The van der Waals surface area contributed by atoms with E-state index < -0.39 is 0 Å². The predicted octanol–water partition coefficient (Wildman–Crippen LogP) is 5.68. The summed E-state index contributed by atoms with van der Waals surface area (Å²) < 4.78 is 5.56. The Kier molecular flexibility index (Phi) is 4.65. The maximum atomic E-state index is 5.56. The number of anilines is 1. The quantitative estimate of drug-likeness (QED) is 0.436. The molecule has 4 aromatic rings. The number of rotatable bonds is 4. The first-order valence-corrected chi connectivity index (χ1v) is 11.1. The zero-order valence-electron chi connectivity index (χ0n) is 17.5. The van der Waals surface area contributed by atoms with Crippen molar-refractivity contribution in [3.63, 3.8) is 0 Å². The molecule has 1 aliphatic heterocycles. The fourth-order valence-corrected chi connectivity index (χ4v) is 4.60. The average molecular weight is 408 g/mol. The second kappa shape index (κ2) is 7.78. The average Bonchev–Trinajstić information content (AvgIpc) is 3.70. The van der Waals surface area contributed by atoms with Crippen LogP contribution in [-0.4, -0.2) is 36.3 Å².